The average Bonchev–Trinajstić information content (AvgIpc) is 2.23. The van der Waals surface area contributed by atoms with Crippen molar-refractivity contribution < 1.29 is 22.3 Å². The Bertz CT molecular complexity index is 365. The van der Waals surface area contributed by atoms with E-state index < -0.39 is 18.6 Å². The molecule has 1 aromatic rings. The zero-order valence-corrected chi connectivity index (χ0v) is 9.27. The molecule has 0 spiro atoms. The van der Waals surface area contributed by atoms with E-state index in [0.717, 1.165) is 6.07 Å². The lowest BCUT2D eigenvalue weighted by atomic mass is 10.2. The van der Waals surface area contributed by atoms with E-state index in [1.165, 1.54) is 12.1 Å². The molecular weight excluding hydrogens is 238 g/mol. The lowest BCUT2D eigenvalue weighted by molar-refractivity contribution is -0.153. The van der Waals surface area contributed by atoms with Crippen LogP contribution >= 0.6 is 0 Å². The highest BCUT2D eigenvalue weighted by Crippen LogP contribution is 2.25. The molecule has 0 atom stereocenters. The number of para-hydroxylation sites is 1. The summed E-state index contributed by atoms with van der Waals surface area (Å²) in [4.78, 5) is 0. The molecule has 1 aromatic carbocycles. The van der Waals surface area contributed by atoms with Crippen molar-refractivity contribution >= 4 is 0 Å². The van der Waals surface area contributed by atoms with Gasteiger partial charge in [0.2, 0.25) is 0 Å². The third-order valence-corrected chi connectivity index (χ3v) is 1.99. The van der Waals surface area contributed by atoms with Gasteiger partial charge >= 0.3 is 6.18 Å². The maximum Gasteiger partial charge on any atom is 0.422 e. The van der Waals surface area contributed by atoms with Crippen molar-refractivity contribution in [3.05, 3.63) is 29.6 Å². The molecule has 96 valence electrons. The fourth-order valence-corrected chi connectivity index (χ4v) is 1.27. The molecule has 0 fully saturated rings. The molecule has 0 aliphatic heterocycles. The van der Waals surface area contributed by atoms with E-state index in [1.807, 2.05) is 6.92 Å². The Morgan fingerprint density at radius 2 is 2.00 bits per heavy atom. The van der Waals surface area contributed by atoms with Crippen molar-refractivity contribution in [2.75, 3.05) is 13.2 Å². The van der Waals surface area contributed by atoms with Crippen LogP contribution in [0.15, 0.2) is 18.2 Å². The molecule has 0 unspecified atom stereocenters. The number of hydrogen-bond acceptors (Lipinski definition) is 2. The second-order valence-corrected chi connectivity index (χ2v) is 3.41. The van der Waals surface area contributed by atoms with Crippen LogP contribution in [0.25, 0.3) is 0 Å². The molecule has 17 heavy (non-hydrogen) atoms. The van der Waals surface area contributed by atoms with Gasteiger partial charge in [0, 0.05) is 12.1 Å². The van der Waals surface area contributed by atoms with Crippen LogP contribution < -0.4 is 10.1 Å². The molecule has 0 bridgehead atoms. The Morgan fingerprint density at radius 3 is 2.59 bits per heavy atom. The minimum absolute atomic E-state index is 0.265. The topological polar surface area (TPSA) is 21.3 Å². The van der Waals surface area contributed by atoms with E-state index in [0.29, 0.717) is 12.1 Å². The van der Waals surface area contributed by atoms with Crippen molar-refractivity contribution in [1.82, 2.24) is 5.32 Å². The van der Waals surface area contributed by atoms with Crippen LogP contribution in [-0.4, -0.2) is 19.3 Å². The number of ether oxygens (including phenoxy) is 1. The van der Waals surface area contributed by atoms with Gasteiger partial charge in [0.15, 0.2) is 18.2 Å². The molecule has 1 rings (SSSR count). The Balaban J connectivity index is 2.80. The summed E-state index contributed by atoms with van der Waals surface area (Å²) in [5, 5.41) is 2.90. The third-order valence-electron chi connectivity index (χ3n) is 1.99. The highest BCUT2D eigenvalue weighted by Gasteiger charge is 2.29. The van der Waals surface area contributed by atoms with E-state index in [1.54, 1.807) is 0 Å². The Morgan fingerprint density at radius 1 is 1.29 bits per heavy atom. The highest BCUT2D eigenvalue weighted by molar-refractivity contribution is 5.34. The number of nitrogens with one attached hydrogen (secondary N) is 1. The monoisotopic (exact) mass is 251 g/mol. The Kier molecular flexibility index (Phi) is 4.74. The lowest BCUT2D eigenvalue weighted by Gasteiger charge is -2.14. The molecule has 0 aromatic heterocycles. The molecule has 0 aliphatic rings. The quantitative estimate of drug-likeness (QED) is 0.812. The second-order valence-electron chi connectivity index (χ2n) is 3.41. The Hall–Kier alpha value is -1.30. The smallest absolute Gasteiger partial charge is 0.422 e. The minimum Gasteiger partial charge on any atom is -0.481 e. The largest absolute Gasteiger partial charge is 0.481 e. The van der Waals surface area contributed by atoms with E-state index in [2.05, 4.69) is 10.1 Å². The van der Waals surface area contributed by atoms with Gasteiger partial charge in [-0.2, -0.15) is 13.2 Å². The van der Waals surface area contributed by atoms with Gasteiger partial charge in [-0.3, -0.25) is 0 Å². The van der Waals surface area contributed by atoms with Gasteiger partial charge < -0.3 is 10.1 Å². The van der Waals surface area contributed by atoms with Crippen molar-refractivity contribution in [2.24, 2.45) is 0 Å². The lowest BCUT2D eigenvalue weighted by Crippen LogP contribution is -2.21. The maximum atomic E-state index is 13.3. The highest BCUT2D eigenvalue weighted by atomic mass is 19.4. The first-order valence-electron chi connectivity index (χ1n) is 5.11. The van der Waals surface area contributed by atoms with E-state index in [9.17, 15) is 17.6 Å². The first kappa shape index (κ1) is 13.8. The van der Waals surface area contributed by atoms with Gasteiger partial charge in [-0.05, 0) is 12.6 Å². The van der Waals surface area contributed by atoms with Crippen LogP contribution in [0.2, 0.25) is 0 Å². The average molecular weight is 251 g/mol. The summed E-state index contributed by atoms with van der Waals surface area (Å²) in [7, 11) is 0. The van der Waals surface area contributed by atoms with Crippen molar-refractivity contribution in [1.29, 1.82) is 0 Å². The molecule has 2 nitrogen and oxygen atoms in total. The molecule has 0 amide bonds. The van der Waals surface area contributed by atoms with Crippen LogP contribution in [0.5, 0.6) is 5.75 Å². The maximum absolute atomic E-state index is 13.3. The zero-order chi connectivity index (χ0) is 12.9. The van der Waals surface area contributed by atoms with Crippen LogP contribution in [0.4, 0.5) is 17.6 Å². The van der Waals surface area contributed by atoms with Gasteiger partial charge in [-0.1, -0.05) is 19.1 Å². The standard InChI is InChI=1S/C11H13F4NO/c1-2-16-6-8-4-3-5-9(12)10(8)17-7-11(13,14)15/h3-5,16H,2,6-7H2,1H3. The van der Waals surface area contributed by atoms with Gasteiger partial charge in [-0.15, -0.1) is 0 Å². The molecule has 1 N–H and O–H groups in total. The number of benzene rings is 1. The molecule has 0 heterocycles. The van der Waals surface area contributed by atoms with Crippen LogP contribution in [0, 0.1) is 5.82 Å². The number of hydrogen-bond donors (Lipinski definition) is 1. The first-order chi connectivity index (χ1) is 7.94. The van der Waals surface area contributed by atoms with Crippen molar-refractivity contribution in [3.63, 3.8) is 0 Å². The minimum atomic E-state index is -4.47. The van der Waals surface area contributed by atoms with Gasteiger partial charge in [0.1, 0.15) is 0 Å². The molecule has 0 saturated heterocycles. The van der Waals surface area contributed by atoms with Crippen molar-refractivity contribution in [2.45, 2.75) is 19.6 Å². The SMILES string of the molecule is CCNCc1cccc(F)c1OCC(F)(F)F. The first-order valence-corrected chi connectivity index (χ1v) is 5.11. The summed E-state index contributed by atoms with van der Waals surface area (Å²) in [6.07, 6.45) is -4.47. The fourth-order valence-electron chi connectivity index (χ4n) is 1.27. The summed E-state index contributed by atoms with van der Waals surface area (Å²) in [6.45, 7) is 1.25. The molecular formula is C11H13F4NO. The van der Waals surface area contributed by atoms with E-state index in [4.69, 9.17) is 0 Å². The third kappa shape index (κ3) is 4.60. The number of rotatable bonds is 5. The summed E-state index contributed by atoms with van der Waals surface area (Å²) >= 11 is 0. The number of halogens is 4. The van der Waals surface area contributed by atoms with E-state index >= 15 is 0 Å². The predicted molar refractivity (Wildman–Crippen MR) is 55.3 cm³/mol. The summed E-state index contributed by atoms with van der Waals surface area (Å²) < 4.78 is 53.8. The zero-order valence-electron chi connectivity index (χ0n) is 9.27. The van der Waals surface area contributed by atoms with E-state index in [-0.39, 0.29) is 12.3 Å². The number of alkyl halides is 3. The van der Waals surface area contributed by atoms with Crippen LogP contribution in [0.1, 0.15) is 12.5 Å². The fraction of sp³-hybridized carbons (Fsp3) is 0.455. The van der Waals surface area contributed by atoms with Crippen molar-refractivity contribution in [3.8, 4) is 5.75 Å². The van der Waals surface area contributed by atoms with Crippen LogP contribution in [0.3, 0.4) is 0 Å². The van der Waals surface area contributed by atoms with Gasteiger partial charge in [0.25, 0.3) is 0 Å². The summed E-state index contributed by atoms with van der Waals surface area (Å²) in [5.41, 5.74) is 0.371. The normalized spacial score (nSPS) is 11.6. The molecule has 0 aliphatic carbocycles. The van der Waals surface area contributed by atoms with Gasteiger partial charge in [-0.25, -0.2) is 4.39 Å². The van der Waals surface area contributed by atoms with Gasteiger partial charge in [0.05, 0.1) is 0 Å². The predicted octanol–water partition coefficient (Wildman–Crippen LogP) is 2.88. The molecule has 0 saturated carbocycles. The summed E-state index contributed by atoms with van der Waals surface area (Å²) in [6, 6.07) is 4.03. The Labute approximate surface area is 96.6 Å². The molecule has 6 heteroatoms. The van der Waals surface area contributed by atoms with Crippen LogP contribution in [-0.2, 0) is 6.54 Å². The summed E-state index contributed by atoms with van der Waals surface area (Å²) in [5.74, 6) is -1.13. The second kappa shape index (κ2) is 5.86. The molecule has 0 radical (unpaired) electrons.